The zero-order valence-corrected chi connectivity index (χ0v) is 20.0. The predicted octanol–water partition coefficient (Wildman–Crippen LogP) is 4.67. The average molecular weight is 502 g/mol. The fraction of sp³-hybridized carbons (Fsp3) is 0.500. The van der Waals surface area contributed by atoms with Gasteiger partial charge >= 0.3 is 0 Å². The normalized spacial score (nSPS) is 11.3. The molecule has 0 aliphatic rings. The van der Waals surface area contributed by atoms with Gasteiger partial charge in [-0.25, -0.2) is 9.98 Å². The third-order valence-corrected chi connectivity index (χ3v) is 4.76. The minimum absolute atomic E-state index is 0. The van der Waals surface area contributed by atoms with E-state index in [9.17, 15) is 0 Å². The van der Waals surface area contributed by atoms with Gasteiger partial charge in [0.1, 0.15) is 5.75 Å². The third-order valence-electron chi connectivity index (χ3n) is 3.69. The summed E-state index contributed by atoms with van der Waals surface area (Å²) in [6.45, 7) is 13.4. The molecule has 0 bridgehead atoms. The van der Waals surface area contributed by atoms with Gasteiger partial charge in [0.05, 0.1) is 30.4 Å². The van der Waals surface area contributed by atoms with Crippen LogP contribution in [-0.4, -0.2) is 24.1 Å². The van der Waals surface area contributed by atoms with Crippen molar-refractivity contribution in [2.75, 3.05) is 13.2 Å². The topological polar surface area (TPSA) is 58.5 Å². The molecule has 0 atom stereocenters. The van der Waals surface area contributed by atoms with Gasteiger partial charge in [-0.05, 0) is 44.4 Å². The van der Waals surface area contributed by atoms with E-state index in [1.54, 1.807) is 11.3 Å². The summed E-state index contributed by atoms with van der Waals surface area (Å²) >= 11 is 1.73. The second kappa shape index (κ2) is 12.2. The molecule has 0 unspecified atom stereocenters. The van der Waals surface area contributed by atoms with E-state index in [4.69, 9.17) is 4.74 Å². The van der Waals surface area contributed by atoms with Crippen LogP contribution in [0.3, 0.4) is 0 Å². The maximum Gasteiger partial charge on any atom is 0.191 e. The fourth-order valence-corrected chi connectivity index (χ4v) is 3.24. The summed E-state index contributed by atoms with van der Waals surface area (Å²) in [6.07, 6.45) is 0. The molecule has 2 aromatic rings. The SMILES string of the molecule is CCNC(=NCc1ccc(OCC(C)C)cc1)NCc1sc(C)nc1C.I. The van der Waals surface area contributed by atoms with Crippen molar-refractivity contribution in [1.82, 2.24) is 15.6 Å². The smallest absolute Gasteiger partial charge is 0.191 e. The summed E-state index contributed by atoms with van der Waals surface area (Å²) in [6, 6.07) is 8.16. The van der Waals surface area contributed by atoms with Gasteiger partial charge in [-0.1, -0.05) is 26.0 Å². The lowest BCUT2D eigenvalue weighted by atomic mass is 10.2. The van der Waals surface area contributed by atoms with Crippen molar-refractivity contribution in [3.05, 3.63) is 45.4 Å². The molecule has 150 valence electrons. The summed E-state index contributed by atoms with van der Waals surface area (Å²) in [5.41, 5.74) is 2.25. The lowest BCUT2D eigenvalue weighted by molar-refractivity contribution is 0.271. The molecule has 0 fully saturated rings. The van der Waals surface area contributed by atoms with E-state index in [1.165, 1.54) is 4.88 Å². The van der Waals surface area contributed by atoms with Crippen LogP contribution in [0.15, 0.2) is 29.3 Å². The van der Waals surface area contributed by atoms with Gasteiger partial charge in [-0.15, -0.1) is 35.3 Å². The van der Waals surface area contributed by atoms with Gasteiger partial charge in [-0.3, -0.25) is 0 Å². The maximum atomic E-state index is 5.72. The van der Waals surface area contributed by atoms with Crippen LogP contribution in [0.4, 0.5) is 0 Å². The molecule has 7 heteroatoms. The molecule has 0 amide bonds. The minimum atomic E-state index is 0. The molecule has 0 saturated carbocycles. The third kappa shape index (κ3) is 8.47. The van der Waals surface area contributed by atoms with Gasteiger partial charge in [0.2, 0.25) is 0 Å². The van der Waals surface area contributed by atoms with Gasteiger partial charge < -0.3 is 15.4 Å². The number of thiazole rings is 1. The van der Waals surface area contributed by atoms with Gasteiger partial charge in [0.25, 0.3) is 0 Å². The molecule has 5 nitrogen and oxygen atoms in total. The van der Waals surface area contributed by atoms with Gasteiger partial charge in [0.15, 0.2) is 5.96 Å². The molecule has 0 aliphatic carbocycles. The van der Waals surface area contributed by atoms with Crippen LogP contribution in [0, 0.1) is 19.8 Å². The number of benzene rings is 1. The van der Waals surface area contributed by atoms with E-state index in [0.717, 1.165) is 47.7 Å². The van der Waals surface area contributed by atoms with E-state index in [0.29, 0.717) is 12.5 Å². The largest absolute Gasteiger partial charge is 0.493 e. The van der Waals surface area contributed by atoms with Gasteiger partial charge in [0, 0.05) is 11.4 Å². The first kappa shape index (κ1) is 23.7. The standard InChI is InChI=1S/C20H30N4OS.HI/c1-6-21-20(23-12-19-15(4)24-16(5)26-19)22-11-17-7-9-18(10-8-17)25-13-14(2)3;/h7-10,14H,6,11-13H2,1-5H3,(H2,21,22,23);1H. The first-order valence-corrected chi connectivity index (χ1v) is 9.96. The van der Waals surface area contributed by atoms with Crippen LogP contribution >= 0.6 is 35.3 Å². The first-order chi connectivity index (χ1) is 12.5. The van der Waals surface area contributed by atoms with Crippen molar-refractivity contribution >= 4 is 41.3 Å². The van der Waals surface area contributed by atoms with E-state index in [-0.39, 0.29) is 24.0 Å². The molecule has 27 heavy (non-hydrogen) atoms. The van der Waals surface area contributed by atoms with Crippen LogP contribution in [0.5, 0.6) is 5.75 Å². The quantitative estimate of drug-likeness (QED) is 0.313. The number of halogens is 1. The van der Waals surface area contributed by atoms with Crippen molar-refractivity contribution in [3.8, 4) is 5.75 Å². The predicted molar refractivity (Wildman–Crippen MR) is 125 cm³/mol. The monoisotopic (exact) mass is 502 g/mol. The second-order valence-electron chi connectivity index (χ2n) is 6.64. The number of aliphatic imine (C=N–C) groups is 1. The van der Waals surface area contributed by atoms with Crippen molar-refractivity contribution in [2.45, 2.75) is 47.7 Å². The summed E-state index contributed by atoms with van der Waals surface area (Å²) in [5, 5.41) is 7.78. The van der Waals surface area contributed by atoms with Crippen LogP contribution in [0.2, 0.25) is 0 Å². The molecule has 1 heterocycles. The van der Waals surface area contributed by atoms with E-state index < -0.39 is 0 Å². The van der Waals surface area contributed by atoms with Crippen LogP contribution in [-0.2, 0) is 13.1 Å². The van der Waals surface area contributed by atoms with Crippen molar-refractivity contribution in [3.63, 3.8) is 0 Å². The zero-order valence-electron chi connectivity index (χ0n) is 16.8. The minimum Gasteiger partial charge on any atom is -0.493 e. The highest BCUT2D eigenvalue weighted by Gasteiger charge is 2.06. The van der Waals surface area contributed by atoms with Crippen molar-refractivity contribution in [2.24, 2.45) is 10.9 Å². The number of aryl methyl sites for hydroxylation is 2. The number of ether oxygens (including phenoxy) is 1. The maximum absolute atomic E-state index is 5.72. The highest BCUT2D eigenvalue weighted by molar-refractivity contribution is 14.0. The Hall–Kier alpha value is -1.35. The Morgan fingerprint density at radius 1 is 1.19 bits per heavy atom. The Balaban J connectivity index is 0.00000364. The van der Waals surface area contributed by atoms with Crippen LogP contribution in [0.25, 0.3) is 0 Å². The molecule has 0 aliphatic heterocycles. The number of nitrogens with zero attached hydrogens (tertiary/aromatic N) is 2. The molecule has 2 rings (SSSR count). The Kier molecular flexibility index (Phi) is 10.7. The Bertz CT molecular complexity index is 713. The lowest BCUT2D eigenvalue weighted by Gasteiger charge is -2.11. The zero-order chi connectivity index (χ0) is 18.9. The second-order valence-corrected chi connectivity index (χ2v) is 7.93. The van der Waals surface area contributed by atoms with Crippen molar-refractivity contribution < 1.29 is 4.74 Å². The highest BCUT2D eigenvalue weighted by Crippen LogP contribution is 2.16. The van der Waals surface area contributed by atoms with Gasteiger partial charge in [-0.2, -0.15) is 0 Å². The molecule has 0 saturated heterocycles. The Morgan fingerprint density at radius 3 is 2.44 bits per heavy atom. The summed E-state index contributed by atoms with van der Waals surface area (Å²) in [7, 11) is 0. The number of guanidine groups is 1. The molecule has 0 spiro atoms. The Labute approximate surface area is 184 Å². The number of aromatic nitrogens is 1. The molecule has 1 aromatic carbocycles. The van der Waals surface area contributed by atoms with E-state index in [2.05, 4.69) is 53.5 Å². The van der Waals surface area contributed by atoms with E-state index >= 15 is 0 Å². The molecular weight excluding hydrogens is 471 g/mol. The highest BCUT2D eigenvalue weighted by atomic mass is 127. The average Bonchev–Trinajstić information content (AvgIpc) is 2.94. The molecule has 0 radical (unpaired) electrons. The molecule has 1 aromatic heterocycles. The number of nitrogens with one attached hydrogen (secondary N) is 2. The fourth-order valence-electron chi connectivity index (χ4n) is 2.37. The first-order valence-electron chi connectivity index (χ1n) is 9.14. The molecular formula is C20H31IN4OS. The molecule has 2 N–H and O–H groups in total. The number of rotatable bonds is 8. The van der Waals surface area contributed by atoms with Crippen LogP contribution in [0.1, 0.15) is 41.9 Å². The van der Waals surface area contributed by atoms with Crippen LogP contribution < -0.4 is 15.4 Å². The summed E-state index contributed by atoms with van der Waals surface area (Å²) < 4.78 is 5.72. The van der Waals surface area contributed by atoms with Crippen molar-refractivity contribution in [1.29, 1.82) is 0 Å². The summed E-state index contributed by atoms with van der Waals surface area (Å²) in [4.78, 5) is 10.4. The number of hydrogen-bond donors (Lipinski definition) is 2. The van der Waals surface area contributed by atoms with E-state index in [1.807, 2.05) is 26.0 Å². The Morgan fingerprint density at radius 2 is 1.89 bits per heavy atom. The lowest BCUT2D eigenvalue weighted by Crippen LogP contribution is -2.36. The summed E-state index contributed by atoms with van der Waals surface area (Å²) in [5.74, 6) is 2.25. The number of hydrogen-bond acceptors (Lipinski definition) is 4.